The second-order valence-corrected chi connectivity index (χ2v) is 6.71. The maximum Gasteiger partial charge on any atom is 0.0483 e. The fourth-order valence-electron chi connectivity index (χ4n) is 3.72. The molecule has 1 aliphatic heterocycles. The summed E-state index contributed by atoms with van der Waals surface area (Å²) in [5.41, 5.74) is 4.47. The monoisotopic (exact) mass is 242 g/mol. The molecule has 0 bridgehead atoms. The molecule has 0 saturated heterocycles. The predicted molar refractivity (Wildman–Crippen MR) is 76.9 cm³/mol. The molecule has 1 aromatic heterocycles. The lowest BCUT2D eigenvalue weighted by Crippen LogP contribution is -2.55. The maximum absolute atomic E-state index is 3.78. The van der Waals surface area contributed by atoms with Gasteiger partial charge in [0.2, 0.25) is 0 Å². The van der Waals surface area contributed by atoms with E-state index in [1.54, 1.807) is 0 Å². The van der Waals surface area contributed by atoms with Crippen LogP contribution < -0.4 is 5.32 Å². The summed E-state index contributed by atoms with van der Waals surface area (Å²) in [4.78, 5) is 0. The molecule has 0 atom stereocenters. The van der Waals surface area contributed by atoms with E-state index in [0.717, 1.165) is 6.42 Å². The highest BCUT2D eigenvalue weighted by atomic mass is 15.1. The highest BCUT2D eigenvalue weighted by molar-refractivity contribution is 5.87. The first-order valence-corrected chi connectivity index (χ1v) is 6.68. The van der Waals surface area contributed by atoms with Crippen LogP contribution in [0.3, 0.4) is 0 Å². The van der Waals surface area contributed by atoms with Crippen LogP contribution in [-0.2, 0) is 19.0 Å². The van der Waals surface area contributed by atoms with Gasteiger partial charge in [-0.1, -0.05) is 18.2 Å². The van der Waals surface area contributed by atoms with Crippen molar-refractivity contribution in [2.45, 2.75) is 45.2 Å². The Balaban J connectivity index is 2.39. The first kappa shape index (κ1) is 11.8. The van der Waals surface area contributed by atoms with Crippen molar-refractivity contribution < 1.29 is 0 Å². The van der Waals surface area contributed by atoms with E-state index < -0.39 is 0 Å². The van der Waals surface area contributed by atoms with Crippen molar-refractivity contribution in [2.75, 3.05) is 0 Å². The van der Waals surface area contributed by atoms with Crippen molar-refractivity contribution in [1.29, 1.82) is 0 Å². The van der Waals surface area contributed by atoms with Crippen LogP contribution in [-0.4, -0.2) is 10.1 Å². The van der Waals surface area contributed by atoms with Gasteiger partial charge in [0, 0.05) is 46.7 Å². The number of hydrogen-bond acceptors (Lipinski definition) is 1. The van der Waals surface area contributed by atoms with Crippen molar-refractivity contribution >= 4 is 10.9 Å². The maximum atomic E-state index is 3.78. The summed E-state index contributed by atoms with van der Waals surface area (Å²) in [6.07, 6.45) is 1.08. The lowest BCUT2D eigenvalue weighted by Gasteiger charge is -2.43. The topological polar surface area (TPSA) is 17.0 Å². The minimum absolute atomic E-state index is 0.0257. The normalized spacial score (nSPS) is 20.9. The third-order valence-electron chi connectivity index (χ3n) is 4.11. The van der Waals surface area contributed by atoms with Gasteiger partial charge in [-0.25, -0.2) is 0 Å². The van der Waals surface area contributed by atoms with E-state index in [4.69, 9.17) is 0 Å². The van der Waals surface area contributed by atoms with E-state index in [1.165, 1.54) is 22.2 Å². The van der Waals surface area contributed by atoms with Crippen LogP contribution in [0.15, 0.2) is 24.3 Å². The van der Waals surface area contributed by atoms with Gasteiger partial charge >= 0.3 is 0 Å². The van der Waals surface area contributed by atoms with Gasteiger partial charge in [-0.05, 0) is 33.8 Å². The van der Waals surface area contributed by atoms with E-state index in [0.29, 0.717) is 0 Å². The zero-order chi connectivity index (χ0) is 13.1. The molecule has 2 nitrogen and oxygen atoms in total. The highest BCUT2D eigenvalue weighted by Gasteiger charge is 2.39. The fourth-order valence-corrected chi connectivity index (χ4v) is 3.72. The first-order valence-electron chi connectivity index (χ1n) is 6.68. The number of nitrogens with one attached hydrogen (secondary N) is 1. The van der Waals surface area contributed by atoms with E-state index in [2.05, 4.69) is 68.9 Å². The molecule has 0 unspecified atom stereocenters. The standard InChI is InChI=1S/C16H22N2/c1-15(2)10-13-14(16(3,4)17-15)11-8-6-7-9-12(11)18(13)5/h6-9,17H,10H2,1-5H3. The highest BCUT2D eigenvalue weighted by Crippen LogP contribution is 2.40. The predicted octanol–water partition coefficient (Wildman–Crippen LogP) is 3.34. The average Bonchev–Trinajstić information content (AvgIpc) is 2.51. The van der Waals surface area contributed by atoms with Crippen LogP contribution in [0, 0.1) is 0 Å². The molecule has 2 aromatic rings. The Morgan fingerprint density at radius 2 is 1.78 bits per heavy atom. The SMILES string of the molecule is Cn1c2c(c3ccccc31)C(C)(C)NC(C)(C)C2. The second-order valence-electron chi connectivity index (χ2n) is 6.71. The van der Waals surface area contributed by atoms with E-state index in [-0.39, 0.29) is 11.1 Å². The molecular formula is C16H22N2. The molecule has 0 amide bonds. The van der Waals surface area contributed by atoms with Crippen LogP contribution in [0.4, 0.5) is 0 Å². The van der Waals surface area contributed by atoms with Crippen LogP contribution in [0.5, 0.6) is 0 Å². The number of rotatable bonds is 0. The van der Waals surface area contributed by atoms with Crippen LogP contribution in [0.25, 0.3) is 10.9 Å². The van der Waals surface area contributed by atoms with Crippen molar-refractivity contribution in [3.05, 3.63) is 35.5 Å². The van der Waals surface area contributed by atoms with Gasteiger partial charge in [0.05, 0.1) is 0 Å². The molecule has 18 heavy (non-hydrogen) atoms. The van der Waals surface area contributed by atoms with Crippen molar-refractivity contribution in [3.63, 3.8) is 0 Å². The number of nitrogens with zero attached hydrogens (tertiary/aromatic N) is 1. The molecule has 0 radical (unpaired) electrons. The zero-order valence-electron chi connectivity index (χ0n) is 12.0. The van der Waals surface area contributed by atoms with Gasteiger partial charge in [-0.15, -0.1) is 0 Å². The number of aromatic nitrogens is 1. The van der Waals surface area contributed by atoms with E-state index >= 15 is 0 Å². The lowest BCUT2D eigenvalue weighted by molar-refractivity contribution is 0.239. The van der Waals surface area contributed by atoms with Gasteiger partial charge in [-0.2, -0.15) is 0 Å². The quantitative estimate of drug-likeness (QED) is 0.749. The van der Waals surface area contributed by atoms with Gasteiger partial charge in [0.1, 0.15) is 0 Å². The number of para-hydroxylation sites is 1. The van der Waals surface area contributed by atoms with Gasteiger partial charge < -0.3 is 9.88 Å². The molecule has 0 aliphatic carbocycles. The zero-order valence-corrected chi connectivity index (χ0v) is 12.0. The molecule has 1 aromatic carbocycles. The molecule has 3 rings (SSSR count). The summed E-state index contributed by atoms with van der Waals surface area (Å²) in [6.45, 7) is 9.16. The summed E-state index contributed by atoms with van der Waals surface area (Å²) in [5, 5.41) is 5.17. The molecule has 0 spiro atoms. The first-order chi connectivity index (χ1) is 8.32. The van der Waals surface area contributed by atoms with Gasteiger partial charge in [0.15, 0.2) is 0 Å². The summed E-state index contributed by atoms with van der Waals surface area (Å²) in [7, 11) is 2.19. The van der Waals surface area contributed by atoms with Crippen molar-refractivity contribution in [1.82, 2.24) is 9.88 Å². The number of aryl methyl sites for hydroxylation is 1. The minimum atomic E-state index is 0.0257. The van der Waals surface area contributed by atoms with Crippen LogP contribution in [0.1, 0.15) is 39.0 Å². The second kappa shape index (κ2) is 3.39. The molecule has 1 N–H and O–H groups in total. The smallest absolute Gasteiger partial charge is 0.0483 e. The fraction of sp³-hybridized carbons (Fsp3) is 0.500. The molecule has 0 fully saturated rings. The summed E-state index contributed by atoms with van der Waals surface area (Å²) in [5.74, 6) is 0. The third kappa shape index (κ3) is 1.52. The third-order valence-corrected chi connectivity index (χ3v) is 4.11. The van der Waals surface area contributed by atoms with E-state index in [9.17, 15) is 0 Å². The Kier molecular flexibility index (Phi) is 2.22. The summed E-state index contributed by atoms with van der Waals surface area (Å²) in [6, 6.07) is 8.73. The lowest BCUT2D eigenvalue weighted by atomic mass is 9.80. The van der Waals surface area contributed by atoms with Crippen LogP contribution in [0.2, 0.25) is 0 Å². The number of fused-ring (bicyclic) bond motifs is 3. The Morgan fingerprint density at radius 3 is 2.50 bits per heavy atom. The molecule has 1 aliphatic rings. The molecular weight excluding hydrogens is 220 g/mol. The van der Waals surface area contributed by atoms with Gasteiger partial charge in [0.25, 0.3) is 0 Å². The Bertz CT molecular complexity index is 617. The molecule has 2 heterocycles. The largest absolute Gasteiger partial charge is 0.347 e. The van der Waals surface area contributed by atoms with Crippen molar-refractivity contribution in [3.8, 4) is 0 Å². The molecule has 0 saturated carbocycles. The molecule has 96 valence electrons. The Morgan fingerprint density at radius 1 is 1.11 bits per heavy atom. The van der Waals surface area contributed by atoms with Gasteiger partial charge in [-0.3, -0.25) is 0 Å². The molecule has 2 heteroatoms. The average molecular weight is 242 g/mol. The number of benzene rings is 1. The Hall–Kier alpha value is -1.28. The van der Waals surface area contributed by atoms with Crippen molar-refractivity contribution in [2.24, 2.45) is 7.05 Å². The summed E-state index contributed by atoms with van der Waals surface area (Å²) >= 11 is 0. The minimum Gasteiger partial charge on any atom is -0.347 e. The number of hydrogen-bond donors (Lipinski definition) is 1. The Labute approximate surface area is 109 Å². The van der Waals surface area contributed by atoms with E-state index in [1.807, 2.05) is 0 Å². The van der Waals surface area contributed by atoms with Crippen LogP contribution >= 0.6 is 0 Å². The summed E-state index contributed by atoms with van der Waals surface area (Å²) < 4.78 is 2.37.